The van der Waals surface area contributed by atoms with Crippen molar-refractivity contribution in [3.05, 3.63) is 90.7 Å². The van der Waals surface area contributed by atoms with Crippen LogP contribution >= 0.6 is 23.2 Å². The Labute approximate surface area is 182 Å². The molecule has 1 saturated heterocycles. The largest absolute Gasteiger partial charge is 0.352 e. The second-order valence-corrected chi connectivity index (χ2v) is 7.92. The Kier molecular flexibility index (Phi) is 5.74. The second-order valence-electron chi connectivity index (χ2n) is 7.04. The van der Waals surface area contributed by atoms with Crippen molar-refractivity contribution in [3.63, 3.8) is 0 Å². The Hall–Kier alpha value is -2.90. The van der Waals surface area contributed by atoms with Crippen molar-refractivity contribution >= 4 is 29.1 Å². The fourth-order valence-corrected chi connectivity index (χ4v) is 3.85. The van der Waals surface area contributed by atoms with E-state index in [4.69, 9.17) is 23.2 Å². The molecule has 1 amide bonds. The van der Waals surface area contributed by atoms with Crippen molar-refractivity contribution in [1.82, 2.24) is 19.2 Å². The Bertz CT molecular complexity index is 1230. The van der Waals surface area contributed by atoms with Gasteiger partial charge in [-0.2, -0.15) is 9.78 Å². The number of carbonyl (C=O) groups is 1. The minimum atomic E-state index is -0.727. The quantitative estimate of drug-likeness (QED) is 0.619. The smallest absolute Gasteiger partial charge is 0.337 e. The molecule has 0 atom stereocenters. The van der Waals surface area contributed by atoms with Crippen LogP contribution < -0.4 is 11.2 Å². The number of amides is 1. The normalized spacial score (nSPS) is 13.6. The lowest BCUT2D eigenvalue weighted by molar-refractivity contribution is 0.0781. The first-order valence-corrected chi connectivity index (χ1v) is 10.2. The van der Waals surface area contributed by atoms with Gasteiger partial charge in [0, 0.05) is 23.1 Å². The Morgan fingerprint density at radius 1 is 0.967 bits per heavy atom. The minimum Gasteiger partial charge on any atom is -0.337 e. The number of nitrogens with zero attached hydrogens (tertiary/aromatic N) is 4. The van der Waals surface area contributed by atoms with E-state index in [2.05, 4.69) is 5.10 Å². The zero-order valence-corrected chi connectivity index (χ0v) is 17.4. The van der Waals surface area contributed by atoms with Gasteiger partial charge in [-0.25, -0.2) is 4.79 Å². The number of likely N-dealkylation sites (tertiary alicyclic amines) is 1. The SMILES string of the molecule is O=C(c1nn(-c2cccc(Cl)c2)c(=O)n(Cc2cccc(Cl)c2)c1=O)N1CCCC1. The molecule has 7 nitrogen and oxygen atoms in total. The lowest BCUT2D eigenvalue weighted by Crippen LogP contribution is -2.46. The van der Waals surface area contributed by atoms with Gasteiger partial charge in [-0.3, -0.25) is 14.2 Å². The highest BCUT2D eigenvalue weighted by Crippen LogP contribution is 2.14. The minimum absolute atomic E-state index is 0.0401. The van der Waals surface area contributed by atoms with Gasteiger partial charge in [0.15, 0.2) is 0 Å². The van der Waals surface area contributed by atoms with Crippen LogP contribution in [0.15, 0.2) is 58.1 Å². The standard InChI is InChI=1S/C21H18Cl2N4O3/c22-15-6-3-5-14(11-15)13-26-20(29)18(19(28)25-9-1-2-10-25)24-27(21(26)30)17-8-4-7-16(23)12-17/h3-8,11-12H,1-2,9-10,13H2. The molecule has 9 heteroatoms. The molecule has 30 heavy (non-hydrogen) atoms. The molecule has 1 aliphatic heterocycles. The molecule has 1 aliphatic rings. The second kappa shape index (κ2) is 8.45. The van der Waals surface area contributed by atoms with Gasteiger partial charge >= 0.3 is 5.69 Å². The molecule has 2 aromatic carbocycles. The van der Waals surface area contributed by atoms with Gasteiger partial charge in [0.2, 0.25) is 5.69 Å². The summed E-state index contributed by atoms with van der Waals surface area (Å²) in [7, 11) is 0. The van der Waals surface area contributed by atoms with Crippen LogP contribution in [0.1, 0.15) is 28.9 Å². The molecule has 3 aromatic rings. The first-order chi connectivity index (χ1) is 14.4. The van der Waals surface area contributed by atoms with E-state index in [-0.39, 0.29) is 12.2 Å². The van der Waals surface area contributed by atoms with Crippen LogP contribution in [0.3, 0.4) is 0 Å². The molecular weight excluding hydrogens is 427 g/mol. The Morgan fingerprint density at radius 3 is 2.30 bits per heavy atom. The van der Waals surface area contributed by atoms with E-state index < -0.39 is 17.2 Å². The van der Waals surface area contributed by atoms with Gasteiger partial charge < -0.3 is 4.90 Å². The molecule has 0 saturated carbocycles. The zero-order valence-electron chi connectivity index (χ0n) is 15.9. The van der Waals surface area contributed by atoms with Crippen LogP contribution in [0.4, 0.5) is 0 Å². The third-order valence-corrected chi connectivity index (χ3v) is 5.41. The first kappa shape index (κ1) is 20.4. The van der Waals surface area contributed by atoms with Gasteiger partial charge in [0.25, 0.3) is 11.5 Å². The van der Waals surface area contributed by atoms with Crippen molar-refractivity contribution in [2.75, 3.05) is 13.1 Å². The van der Waals surface area contributed by atoms with E-state index in [1.165, 1.54) is 0 Å². The summed E-state index contributed by atoms with van der Waals surface area (Å²) < 4.78 is 2.05. The topological polar surface area (TPSA) is 77.2 Å². The monoisotopic (exact) mass is 444 g/mol. The van der Waals surface area contributed by atoms with Crippen molar-refractivity contribution in [3.8, 4) is 5.69 Å². The van der Waals surface area contributed by atoms with Crippen molar-refractivity contribution in [1.29, 1.82) is 0 Å². The lowest BCUT2D eigenvalue weighted by Gasteiger charge is -2.16. The molecule has 0 radical (unpaired) electrons. The predicted octanol–water partition coefficient (Wildman–Crippen LogP) is 2.99. The zero-order chi connectivity index (χ0) is 21.3. The molecular formula is C21H18Cl2N4O3. The number of benzene rings is 2. The molecule has 154 valence electrons. The third-order valence-electron chi connectivity index (χ3n) is 4.94. The molecule has 0 spiro atoms. The average molecular weight is 445 g/mol. The number of carbonyl (C=O) groups excluding carboxylic acids is 1. The Morgan fingerprint density at radius 2 is 1.63 bits per heavy atom. The summed E-state index contributed by atoms with van der Waals surface area (Å²) >= 11 is 12.1. The van der Waals surface area contributed by atoms with Gasteiger partial charge in [0.1, 0.15) is 0 Å². The number of hydrogen-bond acceptors (Lipinski definition) is 4. The fourth-order valence-electron chi connectivity index (χ4n) is 3.45. The van der Waals surface area contributed by atoms with E-state index in [0.717, 1.165) is 22.1 Å². The van der Waals surface area contributed by atoms with Crippen LogP contribution in [0.5, 0.6) is 0 Å². The number of rotatable bonds is 4. The van der Waals surface area contributed by atoms with E-state index in [0.29, 0.717) is 34.4 Å². The van der Waals surface area contributed by atoms with Crippen molar-refractivity contribution in [2.45, 2.75) is 19.4 Å². The molecule has 0 bridgehead atoms. The summed E-state index contributed by atoms with van der Waals surface area (Å²) in [4.78, 5) is 40.8. The highest BCUT2D eigenvalue weighted by atomic mass is 35.5. The van der Waals surface area contributed by atoms with Gasteiger partial charge in [-0.15, -0.1) is 0 Å². The molecule has 1 fully saturated rings. The van der Waals surface area contributed by atoms with E-state index in [1.54, 1.807) is 53.4 Å². The molecule has 1 aromatic heterocycles. The maximum absolute atomic E-state index is 13.1. The molecule has 4 rings (SSSR count). The van der Waals surface area contributed by atoms with Gasteiger partial charge in [-0.1, -0.05) is 41.4 Å². The summed E-state index contributed by atoms with van der Waals surface area (Å²) in [6.07, 6.45) is 1.74. The van der Waals surface area contributed by atoms with Crippen LogP contribution in [0.25, 0.3) is 5.69 Å². The molecule has 0 N–H and O–H groups in total. The first-order valence-electron chi connectivity index (χ1n) is 9.48. The molecule has 0 unspecified atom stereocenters. The lowest BCUT2D eigenvalue weighted by atomic mass is 10.2. The highest BCUT2D eigenvalue weighted by Gasteiger charge is 2.26. The predicted molar refractivity (Wildman–Crippen MR) is 115 cm³/mol. The molecule has 2 heterocycles. The molecule has 0 aliphatic carbocycles. The number of aromatic nitrogens is 3. The van der Waals surface area contributed by atoms with Crippen molar-refractivity contribution in [2.24, 2.45) is 0 Å². The maximum Gasteiger partial charge on any atom is 0.352 e. The van der Waals surface area contributed by atoms with Gasteiger partial charge in [-0.05, 0) is 48.7 Å². The van der Waals surface area contributed by atoms with Crippen molar-refractivity contribution < 1.29 is 4.79 Å². The summed E-state index contributed by atoms with van der Waals surface area (Å²) in [6.45, 7) is 1.08. The van der Waals surface area contributed by atoms with Gasteiger partial charge in [0.05, 0.1) is 12.2 Å². The third kappa shape index (κ3) is 4.04. The van der Waals surface area contributed by atoms with E-state index in [1.807, 2.05) is 0 Å². The summed E-state index contributed by atoms with van der Waals surface area (Å²) in [5, 5.41) is 5.03. The summed E-state index contributed by atoms with van der Waals surface area (Å²) in [6, 6.07) is 13.4. The highest BCUT2D eigenvalue weighted by molar-refractivity contribution is 6.31. The van der Waals surface area contributed by atoms with Crippen LogP contribution in [0.2, 0.25) is 10.0 Å². The summed E-state index contributed by atoms with van der Waals surface area (Å²) in [5.74, 6) is -0.479. The maximum atomic E-state index is 13.1. The Balaban J connectivity index is 1.90. The van der Waals surface area contributed by atoms with Crippen LogP contribution in [-0.2, 0) is 6.54 Å². The fraction of sp³-hybridized carbons (Fsp3) is 0.238. The van der Waals surface area contributed by atoms with E-state index >= 15 is 0 Å². The van der Waals surface area contributed by atoms with Crippen LogP contribution in [0, 0.1) is 0 Å². The number of hydrogen-bond donors (Lipinski definition) is 0. The number of halogens is 2. The average Bonchev–Trinajstić information content (AvgIpc) is 3.26. The van der Waals surface area contributed by atoms with E-state index in [9.17, 15) is 14.4 Å². The van der Waals surface area contributed by atoms with Crippen LogP contribution in [-0.4, -0.2) is 38.2 Å². The summed E-state index contributed by atoms with van der Waals surface area (Å²) in [5.41, 5.74) is -0.665.